The molecule has 0 amide bonds. The zero-order valence-electron chi connectivity index (χ0n) is 11.2. The molecule has 2 unspecified atom stereocenters. The lowest BCUT2D eigenvalue weighted by Crippen LogP contribution is -2.36. The first-order chi connectivity index (χ1) is 8.82. The number of hydrogen-bond donors (Lipinski definition) is 0. The van der Waals surface area contributed by atoms with Gasteiger partial charge in [0.2, 0.25) is 0 Å². The second-order valence-corrected chi connectivity index (χ2v) is 6.27. The lowest BCUT2D eigenvalue weighted by atomic mass is 9.94. The summed E-state index contributed by atoms with van der Waals surface area (Å²) in [6.45, 7) is 8.60. The maximum absolute atomic E-state index is 2.61. The van der Waals surface area contributed by atoms with Crippen LogP contribution in [0.15, 0.2) is 24.3 Å². The summed E-state index contributed by atoms with van der Waals surface area (Å²) < 4.78 is 0. The Balaban J connectivity index is 1.55. The van der Waals surface area contributed by atoms with Crippen molar-refractivity contribution in [3.8, 4) is 0 Å². The molecule has 2 heteroatoms. The number of likely N-dealkylation sites (N-methyl/N-ethyl adjacent to an activating group) is 1. The first-order valence-corrected chi connectivity index (χ1v) is 7.40. The van der Waals surface area contributed by atoms with Crippen molar-refractivity contribution in [1.82, 2.24) is 4.90 Å². The number of benzene rings is 1. The summed E-state index contributed by atoms with van der Waals surface area (Å²) in [5.41, 5.74) is 3.54. The Hall–Kier alpha value is -1.02. The molecule has 1 saturated carbocycles. The van der Waals surface area contributed by atoms with Crippen LogP contribution in [0.3, 0.4) is 0 Å². The maximum atomic E-state index is 2.61. The summed E-state index contributed by atoms with van der Waals surface area (Å²) in [5, 5.41) is 0. The smallest absolute Gasteiger partial charge is 0.0366 e. The molecule has 1 aromatic rings. The molecule has 0 radical (unpaired) electrons. The van der Waals surface area contributed by atoms with Gasteiger partial charge in [0.05, 0.1) is 0 Å². The van der Waals surface area contributed by atoms with E-state index in [1.54, 1.807) is 5.56 Å². The van der Waals surface area contributed by atoms with Crippen molar-refractivity contribution in [1.29, 1.82) is 0 Å². The first-order valence-electron chi connectivity index (χ1n) is 7.40. The van der Waals surface area contributed by atoms with Gasteiger partial charge in [-0.15, -0.1) is 0 Å². The Morgan fingerprint density at radius 1 is 1.22 bits per heavy atom. The van der Waals surface area contributed by atoms with Crippen LogP contribution in [0.5, 0.6) is 0 Å². The van der Waals surface area contributed by atoms with E-state index >= 15 is 0 Å². The molecule has 0 aromatic heterocycles. The van der Waals surface area contributed by atoms with E-state index in [1.807, 2.05) is 0 Å². The SMILES string of the molecule is CCN1CC2CC2(c2ccc(N3CCC3)cc2)C1. The van der Waals surface area contributed by atoms with E-state index in [9.17, 15) is 0 Å². The molecule has 4 rings (SSSR count). The van der Waals surface area contributed by atoms with Crippen molar-refractivity contribution in [3.63, 3.8) is 0 Å². The molecule has 0 N–H and O–H groups in total. The average molecular weight is 242 g/mol. The quantitative estimate of drug-likeness (QED) is 0.803. The Bertz CT molecular complexity index is 449. The molecule has 2 atom stereocenters. The standard InChI is InChI=1S/C16H22N2/c1-2-17-11-14-10-16(14,12-17)13-4-6-15(7-5-13)18-8-3-9-18/h4-7,14H,2-3,8-12H2,1H3. The van der Waals surface area contributed by atoms with Crippen LogP contribution in [0.2, 0.25) is 0 Å². The van der Waals surface area contributed by atoms with E-state index in [2.05, 4.69) is 41.0 Å². The number of nitrogens with zero attached hydrogens (tertiary/aromatic N) is 2. The third-order valence-corrected chi connectivity index (χ3v) is 5.33. The summed E-state index contributed by atoms with van der Waals surface area (Å²) in [6, 6.07) is 9.47. The van der Waals surface area contributed by atoms with Crippen molar-refractivity contribution in [2.45, 2.75) is 25.2 Å². The number of piperidine rings is 1. The van der Waals surface area contributed by atoms with Gasteiger partial charge in [-0.2, -0.15) is 0 Å². The molecule has 0 bridgehead atoms. The van der Waals surface area contributed by atoms with Crippen LogP contribution in [0, 0.1) is 5.92 Å². The van der Waals surface area contributed by atoms with Crippen LogP contribution in [-0.2, 0) is 5.41 Å². The van der Waals surface area contributed by atoms with E-state index in [-0.39, 0.29) is 0 Å². The molecule has 2 heterocycles. The Kier molecular flexibility index (Phi) is 2.25. The minimum Gasteiger partial charge on any atom is -0.371 e. The molecule has 2 saturated heterocycles. The Morgan fingerprint density at radius 2 is 2.00 bits per heavy atom. The van der Waals surface area contributed by atoms with Gasteiger partial charge >= 0.3 is 0 Å². The molecule has 0 spiro atoms. The van der Waals surface area contributed by atoms with Crippen LogP contribution >= 0.6 is 0 Å². The fraction of sp³-hybridized carbons (Fsp3) is 0.625. The predicted octanol–water partition coefficient (Wildman–Crippen LogP) is 2.49. The van der Waals surface area contributed by atoms with Crippen molar-refractivity contribution >= 4 is 5.69 Å². The predicted molar refractivity (Wildman–Crippen MR) is 75.2 cm³/mol. The molecule has 1 aromatic carbocycles. The number of hydrogen-bond acceptors (Lipinski definition) is 2. The third-order valence-electron chi connectivity index (χ3n) is 5.33. The Labute approximate surface area is 110 Å². The van der Waals surface area contributed by atoms with Crippen molar-refractivity contribution in [2.24, 2.45) is 5.92 Å². The van der Waals surface area contributed by atoms with Gasteiger partial charge in [-0.3, -0.25) is 0 Å². The average Bonchev–Trinajstić information content (AvgIpc) is 2.91. The van der Waals surface area contributed by atoms with Gasteiger partial charge in [0.25, 0.3) is 0 Å². The minimum atomic E-state index is 0.531. The summed E-state index contributed by atoms with van der Waals surface area (Å²) in [4.78, 5) is 5.08. The van der Waals surface area contributed by atoms with Gasteiger partial charge in [-0.25, -0.2) is 0 Å². The number of anilines is 1. The Morgan fingerprint density at radius 3 is 2.56 bits per heavy atom. The second kappa shape index (κ2) is 3.74. The van der Waals surface area contributed by atoms with Gasteiger partial charge in [-0.05, 0) is 43.0 Å². The highest BCUT2D eigenvalue weighted by Crippen LogP contribution is 2.58. The van der Waals surface area contributed by atoms with E-state index < -0.39 is 0 Å². The fourth-order valence-electron chi connectivity index (χ4n) is 3.85. The van der Waals surface area contributed by atoms with Crippen LogP contribution < -0.4 is 4.90 Å². The fourth-order valence-corrected chi connectivity index (χ4v) is 3.85. The van der Waals surface area contributed by atoms with E-state index in [4.69, 9.17) is 0 Å². The molecule has 1 aliphatic carbocycles. The van der Waals surface area contributed by atoms with Crippen molar-refractivity contribution in [3.05, 3.63) is 29.8 Å². The molecule has 2 aliphatic heterocycles. The summed E-state index contributed by atoms with van der Waals surface area (Å²) >= 11 is 0. The van der Waals surface area contributed by atoms with Crippen LogP contribution in [0.1, 0.15) is 25.3 Å². The van der Waals surface area contributed by atoms with Gasteiger partial charge in [-0.1, -0.05) is 19.1 Å². The highest BCUT2D eigenvalue weighted by molar-refractivity contribution is 5.51. The third kappa shape index (κ3) is 1.45. The normalized spacial score (nSPS) is 34.3. The van der Waals surface area contributed by atoms with E-state index in [1.165, 1.54) is 51.3 Å². The molecule has 2 nitrogen and oxygen atoms in total. The molecular formula is C16H22N2. The number of rotatable bonds is 3. The summed E-state index contributed by atoms with van der Waals surface area (Å²) in [5.74, 6) is 0.937. The minimum absolute atomic E-state index is 0.531. The van der Waals surface area contributed by atoms with Crippen molar-refractivity contribution < 1.29 is 0 Å². The first kappa shape index (κ1) is 10.9. The zero-order valence-corrected chi connectivity index (χ0v) is 11.2. The van der Waals surface area contributed by atoms with E-state index in [0.717, 1.165) is 5.92 Å². The molecular weight excluding hydrogens is 220 g/mol. The van der Waals surface area contributed by atoms with Gasteiger partial charge in [0.1, 0.15) is 0 Å². The molecule has 3 aliphatic rings. The lowest BCUT2D eigenvalue weighted by molar-refractivity contribution is 0.314. The summed E-state index contributed by atoms with van der Waals surface area (Å²) in [6.07, 6.45) is 2.78. The molecule has 3 fully saturated rings. The topological polar surface area (TPSA) is 6.48 Å². The van der Waals surface area contributed by atoms with Gasteiger partial charge in [0, 0.05) is 37.3 Å². The maximum Gasteiger partial charge on any atom is 0.0366 e. The largest absolute Gasteiger partial charge is 0.371 e. The number of fused-ring (bicyclic) bond motifs is 1. The summed E-state index contributed by atoms with van der Waals surface area (Å²) in [7, 11) is 0. The monoisotopic (exact) mass is 242 g/mol. The van der Waals surface area contributed by atoms with Gasteiger partial charge in [0.15, 0.2) is 0 Å². The second-order valence-electron chi connectivity index (χ2n) is 6.27. The molecule has 96 valence electrons. The highest BCUT2D eigenvalue weighted by atomic mass is 15.2. The molecule has 18 heavy (non-hydrogen) atoms. The van der Waals surface area contributed by atoms with Crippen molar-refractivity contribution in [2.75, 3.05) is 37.6 Å². The number of likely N-dealkylation sites (tertiary alicyclic amines) is 1. The highest BCUT2D eigenvalue weighted by Gasteiger charge is 2.60. The van der Waals surface area contributed by atoms with Crippen LogP contribution in [0.4, 0.5) is 5.69 Å². The van der Waals surface area contributed by atoms with Gasteiger partial charge < -0.3 is 9.80 Å². The van der Waals surface area contributed by atoms with E-state index in [0.29, 0.717) is 5.41 Å². The van der Waals surface area contributed by atoms with Crippen LogP contribution in [-0.4, -0.2) is 37.6 Å². The lowest BCUT2D eigenvalue weighted by Gasteiger charge is -2.33. The van der Waals surface area contributed by atoms with Crippen LogP contribution in [0.25, 0.3) is 0 Å². The zero-order chi connectivity index (χ0) is 12.2.